The van der Waals surface area contributed by atoms with Crippen molar-refractivity contribution < 1.29 is 14.7 Å². The molecule has 1 aliphatic heterocycles. The van der Waals surface area contributed by atoms with Gasteiger partial charge in [-0.15, -0.1) is 0 Å². The molecule has 5 heteroatoms. The van der Waals surface area contributed by atoms with Crippen LogP contribution in [-0.2, 0) is 4.79 Å². The number of rotatable bonds is 4. The molecule has 1 saturated heterocycles. The van der Waals surface area contributed by atoms with Crippen molar-refractivity contribution in [2.24, 2.45) is 11.8 Å². The summed E-state index contributed by atoms with van der Waals surface area (Å²) in [5.41, 5.74) is 0. The molecule has 0 bridgehead atoms. The molecular formula is C14H26N2O3. The Bertz CT molecular complexity index is 333. The van der Waals surface area contributed by atoms with Gasteiger partial charge >= 0.3 is 12.0 Å². The fourth-order valence-electron chi connectivity index (χ4n) is 2.76. The molecule has 5 nitrogen and oxygen atoms in total. The summed E-state index contributed by atoms with van der Waals surface area (Å²) in [5, 5.41) is 11.7. The maximum atomic E-state index is 12.2. The Kier molecular flexibility index (Phi) is 5.63. The molecular weight excluding hydrogens is 244 g/mol. The summed E-state index contributed by atoms with van der Waals surface area (Å²) in [5.74, 6) is -0.0451. The van der Waals surface area contributed by atoms with Crippen LogP contribution in [0.2, 0.25) is 0 Å². The van der Waals surface area contributed by atoms with E-state index in [2.05, 4.69) is 19.2 Å². The standard InChI is InChI=1S/C14H26N2O3/c1-5-6-12(13(17)18)15-14(19)16-8-9(2)7-10(3)11(16)4/h9-12H,5-8H2,1-4H3,(H,15,19)(H,17,18). The lowest BCUT2D eigenvalue weighted by molar-refractivity contribution is -0.139. The summed E-state index contributed by atoms with van der Waals surface area (Å²) in [7, 11) is 0. The van der Waals surface area contributed by atoms with E-state index >= 15 is 0 Å². The van der Waals surface area contributed by atoms with Gasteiger partial charge < -0.3 is 15.3 Å². The highest BCUT2D eigenvalue weighted by molar-refractivity contribution is 5.82. The second kappa shape index (κ2) is 6.78. The van der Waals surface area contributed by atoms with Gasteiger partial charge in [-0.2, -0.15) is 0 Å². The maximum Gasteiger partial charge on any atom is 0.326 e. The van der Waals surface area contributed by atoms with Crippen LogP contribution in [0, 0.1) is 11.8 Å². The highest BCUT2D eigenvalue weighted by Gasteiger charge is 2.33. The number of aliphatic carboxylic acids is 1. The zero-order valence-corrected chi connectivity index (χ0v) is 12.3. The van der Waals surface area contributed by atoms with E-state index in [0.29, 0.717) is 24.8 Å². The minimum Gasteiger partial charge on any atom is -0.480 e. The third-order valence-corrected chi connectivity index (χ3v) is 4.03. The lowest BCUT2D eigenvalue weighted by Crippen LogP contribution is -2.55. The Balaban J connectivity index is 2.67. The Labute approximate surface area is 115 Å². The minimum absolute atomic E-state index is 0.160. The first-order chi connectivity index (χ1) is 8.86. The van der Waals surface area contributed by atoms with E-state index in [1.807, 2.05) is 13.8 Å². The third-order valence-electron chi connectivity index (χ3n) is 4.03. The molecule has 0 aliphatic carbocycles. The van der Waals surface area contributed by atoms with E-state index < -0.39 is 12.0 Å². The van der Waals surface area contributed by atoms with Gasteiger partial charge in [-0.05, 0) is 31.6 Å². The van der Waals surface area contributed by atoms with Gasteiger partial charge in [0.2, 0.25) is 0 Å². The number of carboxylic acid groups (broad SMARTS) is 1. The van der Waals surface area contributed by atoms with Crippen molar-refractivity contribution in [1.29, 1.82) is 0 Å². The number of carboxylic acids is 1. The zero-order valence-electron chi connectivity index (χ0n) is 12.3. The van der Waals surface area contributed by atoms with E-state index in [0.717, 1.165) is 12.8 Å². The smallest absolute Gasteiger partial charge is 0.326 e. The SMILES string of the molecule is CCCC(NC(=O)N1CC(C)CC(C)C1C)C(=O)O. The molecule has 0 saturated carbocycles. The lowest BCUT2D eigenvalue weighted by Gasteiger charge is -2.41. The van der Waals surface area contributed by atoms with Crippen LogP contribution < -0.4 is 5.32 Å². The topological polar surface area (TPSA) is 69.6 Å². The van der Waals surface area contributed by atoms with E-state index in [4.69, 9.17) is 5.11 Å². The van der Waals surface area contributed by atoms with Gasteiger partial charge in [-0.1, -0.05) is 27.2 Å². The number of urea groups is 1. The van der Waals surface area contributed by atoms with E-state index in [1.165, 1.54) is 0 Å². The molecule has 2 amide bonds. The van der Waals surface area contributed by atoms with Gasteiger partial charge in [-0.25, -0.2) is 9.59 Å². The van der Waals surface area contributed by atoms with Crippen LogP contribution in [0.5, 0.6) is 0 Å². The number of hydrogen-bond acceptors (Lipinski definition) is 2. The van der Waals surface area contributed by atoms with Gasteiger partial charge in [0.1, 0.15) is 6.04 Å². The van der Waals surface area contributed by atoms with Gasteiger partial charge in [-0.3, -0.25) is 0 Å². The molecule has 0 aromatic heterocycles. The van der Waals surface area contributed by atoms with Crippen molar-refractivity contribution in [2.45, 2.75) is 59.0 Å². The largest absolute Gasteiger partial charge is 0.480 e. The van der Waals surface area contributed by atoms with E-state index in [9.17, 15) is 9.59 Å². The van der Waals surface area contributed by atoms with Gasteiger partial charge in [0.25, 0.3) is 0 Å². The van der Waals surface area contributed by atoms with Crippen molar-refractivity contribution in [3.8, 4) is 0 Å². The number of hydrogen-bond donors (Lipinski definition) is 2. The van der Waals surface area contributed by atoms with Crippen molar-refractivity contribution >= 4 is 12.0 Å². The second-order valence-corrected chi connectivity index (χ2v) is 5.84. The summed E-state index contributed by atoms with van der Waals surface area (Å²) in [6.07, 6.45) is 2.32. The number of nitrogens with zero attached hydrogens (tertiary/aromatic N) is 1. The Morgan fingerprint density at radius 1 is 1.37 bits per heavy atom. The molecule has 0 aromatic rings. The van der Waals surface area contributed by atoms with Crippen LogP contribution >= 0.6 is 0 Å². The zero-order chi connectivity index (χ0) is 14.6. The van der Waals surface area contributed by atoms with Crippen LogP contribution in [0.1, 0.15) is 47.0 Å². The summed E-state index contributed by atoms with van der Waals surface area (Å²) in [4.78, 5) is 25.1. The molecule has 19 heavy (non-hydrogen) atoms. The van der Waals surface area contributed by atoms with Crippen LogP contribution in [0.15, 0.2) is 0 Å². The van der Waals surface area contributed by atoms with Crippen LogP contribution in [0.3, 0.4) is 0 Å². The van der Waals surface area contributed by atoms with Crippen molar-refractivity contribution in [2.75, 3.05) is 6.54 Å². The molecule has 4 unspecified atom stereocenters. The van der Waals surface area contributed by atoms with Gasteiger partial charge in [0.15, 0.2) is 0 Å². The Hall–Kier alpha value is -1.26. The van der Waals surface area contributed by atoms with E-state index in [1.54, 1.807) is 4.90 Å². The molecule has 4 atom stereocenters. The fourth-order valence-corrected chi connectivity index (χ4v) is 2.76. The van der Waals surface area contributed by atoms with Crippen molar-refractivity contribution in [1.82, 2.24) is 10.2 Å². The average molecular weight is 270 g/mol. The Morgan fingerprint density at radius 2 is 2.00 bits per heavy atom. The number of likely N-dealkylation sites (tertiary alicyclic amines) is 1. The summed E-state index contributed by atoms with van der Waals surface area (Å²) in [6, 6.07) is -0.865. The lowest BCUT2D eigenvalue weighted by atomic mass is 9.86. The molecule has 1 fully saturated rings. The summed E-state index contributed by atoms with van der Waals surface area (Å²) >= 11 is 0. The molecule has 2 N–H and O–H groups in total. The first kappa shape index (κ1) is 15.8. The first-order valence-electron chi connectivity index (χ1n) is 7.16. The molecule has 1 heterocycles. The summed E-state index contributed by atoms with van der Waals surface area (Å²) < 4.78 is 0. The predicted molar refractivity (Wildman–Crippen MR) is 74.0 cm³/mol. The highest BCUT2D eigenvalue weighted by Crippen LogP contribution is 2.26. The van der Waals surface area contributed by atoms with Gasteiger partial charge in [0.05, 0.1) is 0 Å². The molecule has 0 radical (unpaired) electrons. The van der Waals surface area contributed by atoms with Crippen LogP contribution in [0.4, 0.5) is 4.79 Å². The minimum atomic E-state index is -0.957. The average Bonchev–Trinajstić information content (AvgIpc) is 2.32. The van der Waals surface area contributed by atoms with E-state index in [-0.39, 0.29) is 12.1 Å². The number of amides is 2. The van der Waals surface area contributed by atoms with Crippen LogP contribution in [-0.4, -0.2) is 40.6 Å². The van der Waals surface area contributed by atoms with Crippen LogP contribution in [0.25, 0.3) is 0 Å². The molecule has 1 rings (SSSR count). The monoisotopic (exact) mass is 270 g/mol. The number of piperidine rings is 1. The summed E-state index contributed by atoms with van der Waals surface area (Å²) in [6.45, 7) is 8.92. The second-order valence-electron chi connectivity index (χ2n) is 5.84. The first-order valence-corrected chi connectivity index (χ1v) is 7.16. The fraction of sp³-hybridized carbons (Fsp3) is 0.857. The third kappa shape index (κ3) is 4.11. The number of nitrogens with one attached hydrogen (secondary N) is 1. The molecule has 110 valence electrons. The maximum absolute atomic E-state index is 12.2. The predicted octanol–water partition coefficient (Wildman–Crippen LogP) is 2.32. The molecule has 0 aromatic carbocycles. The molecule has 0 spiro atoms. The number of carbonyl (C=O) groups is 2. The normalized spacial score (nSPS) is 28.8. The highest BCUT2D eigenvalue weighted by atomic mass is 16.4. The Morgan fingerprint density at radius 3 is 2.53 bits per heavy atom. The quantitative estimate of drug-likeness (QED) is 0.823. The molecule has 1 aliphatic rings. The van der Waals surface area contributed by atoms with Crippen molar-refractivity contribution in [3.63, 3.8) is 0 Å². The van der Waals surface area contributed by atoms with Gasteiger partial charge in [0, 0.05) is 12.6 Å². The number of carbonyl (C=O) groups excluding carboxylic acids is 1. The van der Waals surface area contributed by atoms with Crippen molar-refractivity contribution in [3.05, 3.63) is 0 Å².